The van der Waals surface area contributed by atoms with Gasteiger partial charge in [0.15, 0.2) is 0 Å². The Morgan fingerprint density at radius 1 is 1.07 bits per heavy atom. The van der Waals surface area contributed by atoms with E-state index in [0.717, 1.165) is 12.8 Å². The first-order valence-corrected chi connectivity index (χ1v) is 9.39. The highest BCUT2D eigenvalue weighted by molar-refractivity contribution is 7.34. The number of halogens is 2. The van der Waals surface area contributed by atoms with Gasteiger partial charge in [-0.15, -0.1) is 35.3 Å². The van der Waals surface area contributed by atoms with Crippen LogP contribution in [0.3, 0.4) is 0 Å². The van der Waals surface area contributed by atoms with Crippen molar-refractivity contribution in [3.05, 3.63) is 25.3 Å². The minimum absolute atomic E-state index is 0.387. The molecule has 3 heteroatoms. The standard InChI is InChI=1S/C11H20Cl2Si/c1-3-5-6-7-8-9-10-11(4-2)14(12)13/h3-4,11,14H,1-2,5-10H2. The second-order valence-corrected chi connectivity index (χ2v) is 8.53. The molecular formula is C11H20Cl2Si. The molecule has 0 aliphatic heterocycles. The van der Waals surface area contributed by atoms with Crippen LogP contribution in [0.2, 0.25) is 5.54 Å². The van der Waals surface area contributed by atoms with Gasteiger partial charge in [0.2, 0.25) is 7.42 Å². The van der Waals surface area contributed by atoms with Crippen LogP contribution < -0.4 is 0 Å². The predicted octanol–water partition coefficient (Wildman–Crippen LogP) is 4.77. The lowest BCUT2D eigenvalue weighted by atomic mass is 10.1. The van der Waals surface area contributed by atoms with Crippen LogP contribution in [0.5, 0.6) is 0 Å². The largest absolute Gasteiger partial charge is 0.243 e. The van der Waals surface area contributed by atoms with Gasteiger partial charge in [0.1, 0.15) is 0 Å². The van der Waals surface area contributed by atoms with Gasteiger partial charge in [-0.3, -0.25) is 0 Å². The highest BCUT2D eigenvalue weighted by Crippen LogP contribution is 2.25. The Bertz CT molecular complexity index is 157. The first kappa shape index (κ1) is 14.3. The van der Waals surface area contributed by atoms with Crippen molar-refractivity contribution in [2.24, 2.45) is 0 Å². The molecule has 0 nitrogen and oxygen atoms in total. The van der Waals surface area contributed by atoms with E-state index < -0.39 is 7.42 Å². The van der Waals surface area contributed by atoms with Gasteiger partial charge >= 0.3 is 0 Å². The second kappa shape index (κ2) is 9.82. The Hall–Kier alpha value is 0.277. The van der Waals surface area contributed by atoms with Gasteiger partial charge < -0.3 is 0 Å². The first-order chi connectivity index (χ1) is 6.72. The summed E-state index contributed by atoms with van der Waals surface area (Å²) in [6.07, 6.45) is 11.2. The van der Waals surface area contributed by atoms with E-state index in [0.29, 0.717) is 5.54 Å². The zero-order chi connectivity index (χ0) is 10.8. The normalized spacial score (nSPS) is 12.8. The van der Waals surface area contributed by atoms with Gasteiger partial charge in [-0.25, -0.2) is 0 Å². The third-order valence-electron chi connectivity index (χ3n) is 2.32. The first-order valence-electron chi connectivity index (χ1n) is 5.24. The fourth-order valence-electron chi connectivity index (χ4n) is 1.37. The maximum atomic E-state index is 5.93. The van der Waals surface area contributed by atoms with E-state index in [9.17, 15) is 0 Å². The van der Waals surface area contributed by atoms with Crippen LogP contribution in [-0.4, -0.2) is 7.42 Å². The van der Waals surface area contributed by atoms with Gasteiger partial charge in [-0.05, 0) is 24.8 Å². The molecule has 0 heterocycles. The molecule has 0 radical (unpaired) electrons. The fraction of sp³-hybridized carbons (Fsp3) is 0.636. The van der Waals surface area contributed by atoms with E-state index >= 15 is 0 Å². The summed E-state index contributed by atoms with van der Waals surface area (Å²) >= 11 is 11.9. The van der Waals surface area contributed by atoms with E-state index in [-0.39, 0.29) is 0 Å². The van der Waals surface area contributed by atoms with Crippen molar-refractivity contribution in [1.29, 1.82) is 0 Å². The van der Waals surface area contributed by atoms with Crippen LogP contribution in [-0.2, 0) is 0 Å². The van der Waals surface area contributed by atoms with Crippen LogP contribution in [0.15, 0.2) is 25.3 Å². The minimum Gasteiger partial charge on any atom is -0.150 e. The van der Waals surface area contributed by atoms with E-state index in [1.54, 1.807) is 0 Å². The summed E-state index contributed by atoms with van der Waals surface area (Å²) in [6.45, 7) is 7.46. The third kappa shape index (κ3) is 7.66. The summed E-state index contributed by atoms with van der Waals surface area (Å²) in [5.74, 6) is 0. The molecule has 1 unspecified atom stereocenters. The van der Waals surface area contributed by atoms with Gasteiger partial charge in [0.05, 0.1) is 0 Å². The SMILES string of the molecule is C=CCCCCCCC(C=C)[SiH](Cl)Cl. The smallest absolute Gasteiger partial charge is 0.150 e. The zero-order valence-electron chi connectivity index (χ0n) is 8.72. The van der Waals surface area contributed by atoms with Gasteiger partial charge in [0.25, 0.3) is 0 Å². The maximum Gasteiger partial charge on any atom is 0.243 e. The number of rotatable bonds is 9. The van der Waals surface area contributed by atoms with Crippen LogP contribution in [0.4, 0.5) is 0 Å². The molecule has 0 N–H and O–H groups in total. The molecule has 0 rings (SSSR count). The molecule has 0 aromatic rings. The molecular weight excluding hydrogens is 231 g/mol. The van der Waals surface area contributed by atoms with Crippen molar-refractivity contribution in [2.75, 3.05) is 0 Å². The third-order valence-corrected chi connectivity index (χ3v) is 5.52. The van der Waals surface area contributed by atoms with Gasteiger partial charge in [-0.1, -0.05) is 31.4 Å². The van der Waals surface area contributed by atoms with Gasteiger partial charge in [-0.2, -0.15) is 0 Å². The van der Waals surface area contributed by atoms with Crippen LogP contribution >= 0.6 is 22.2 Å². The Kier molecular flexibility index (Phi) is 10.0. The number of hydrogen-bond acceptors (Lipinski definition) is 0. The molecule has 0 aliphatic carbocycles. The predicted molar refractivity (Wildman–Crippen MR) is 70.7 cm³/mol. The Labute approximate surface area is 99.0 Å². The molecule has 0 saturated heterocycles. The van der Waals surface area contributed by atoms with E-state index in [1.165, 1.54) is 25.7 Å². The Morgan fingerprint density at radius 2 is 1.71 bits per heavy atom. The highest BCUT2D eigenvalue weighted by Gasteiger charge is 2.14. The zero-order valence-corrected chi connectivity index (χ0v) is 11.4. The van der Waals surface area contributed by atoms with Crippen molar-refractivity contribution < 1.29 is 0 Å². The molecule has 0 bridgehead atoms. The van der Waals surface area contributed by atoms with Crippen LogP contribution in [0, 0.1) is 0 Å². The lowest BCUT2D eigenvalue weighted by Crippen LogP contribution is -2.03. The molecule has 0 aromatic carbocycles. The number of allylic oxidation sites excluding steroid dienone is 2. The molecule has 1 atom stereocenters. The minimum atomic E-state index is -1.54. The molecule has 0 saturated carbocycles. The maximum absolute atomic E-state index is 5.93. The van der Waals surface area contributed by atoms with E-state index in [4.69, 9.17) is 22.2 Å². The molecule has 0 fully saturated rings. The highest BCUT2D eigenvalue weighted by atomic mass is 35.7. The summed E-state index contributed by atoms with van der Waals surface area (Å²) in [6, 6.07) is 0. The molecule has 0 spiro atoms. The summed E-state index contributed by atoms with van der Waals surface area (Å²) in [5, 5.41) is 0. The number of unbranched alkanes of at least 4 members (excludes halogenated alkanes) is 4. The fourth-order valence-corrected chi connectivity index (χ4v) is 3.44. The Morgan fingerprint density at radius 3 is 2.21 bits per heavy atom. The van der Waals surface area contributed by atoms with Crippen molar-refractivity contribution in [1.82, 2.24) is 0 Å². The van der Waals surface area contributed by atoms with Crippen molar-refractivity contribution in [3.63, 3.8) is 0 Å². The average Bonchev–Trinajstić information content (AvgIpc) is 2.16. The van der Waals surface area contributed by atoms with E-state index in [2.05, 4.69) is 13.2 Å². The molecule has 0 aromatic heterocycles. The van der Waals surface area contributed by atoms with Crippen molar-refractivity contribution in [2.45, 2.75) is 44.1 Å². The quantitative estimate of drug-likeness (QED) is 0.240. The molecule has 0 amide bonds. The Balaban J connectivity index is 3.33. The summed E-state index contributed by atoms with van der Waals surface area (Å²) in [5.41, 5.74) is 0.387. The molecule has 82 valence electrons. The lowest BCUT2D eigenvalue weighted by Gasteiger charge is -2.10. The average molecular weight is 251 g/mol. The summed E-state index contributed by atoms with van der Waals surface area (Å²) in [4.78, 5) is 0. The van der Waals surface area contributed by atoms with Crippen LogP contribution in [0.25, 0.3) is 0 Å². The second-order valence-electron chi connectivity index (χ2n) is 3.51. The topological polar surface area (TPSA) is 0 Å². The van der Waals surface area contributed by atoms with Crippen molar-refractivity contribution in [3.8, 4) is 0 Å². The monoisotopic (exact) mass is 250 g/mol. The number of hydrogen-bond donors (Lipinski definition) is 0. The van der Waals surface area contributed by atoms with Crippen molar-refractivity contribution >= 4 is 29.6 Å². The summed E-state index contributed by atoms with van der Waals surface area (Å²) < 4.78 is 0. The lowest BCUT2D eigenvalue weighted by molar-refractivity contribution is 0.621. The summed E-state index contributed by atoms with van der Waals surface area (Å²) in [7, 11) is -1.54. The van der Waals surface area contributed by atoms with Gasteiger partial charge in [0, 0.05) is 0 Å². The molecule has 14 heavy (non-hydrogen) atoms. The molecule has 0 aliphatic rings. The van der Waals surface area contributed by atoms with Crippen LogP contribution in [0.1, 0.15) is 38.5 Å². The van der Waals surface area contributed by atoms with E-state index in [1.807, 2.05) is 12.2 Å².